The van der Waals surface area contributed by atoms with E-state index in [4.69, 9.17) is 9.05 Å². The molecule has 0 aliphatic heterocycles. The number of hydrogen-bond donors (Lipinski definition) is 0. The van der Waals surface area contributed by atoms with E-state index in [1.54, 1.807) is 0 Å². The Kier molecular flexibility index (Phi) is 7.24. The molecule has 3 nitrogen and oxygen atoms in total. The summed E-state index contributed by atoms with van der Waals surface area (Å²) in [6.07, 6.45) is 6.79. The summed E-state index contributed by atoms with van der Waals surface area (Å²) >= 11 is 0. The van der Waals surface area contributed by atoms with Gasteiger partial charge in [-0.15, -0.1) is 0 Å². The first kappa shape index (κ1) is 18.2. The summed E-state index contributed by atoms with van der Waals surface area (Å²) in [7, 11) is -2.86. The molecule has 1 aliphatic rings. The third-order valence-corrected chi connectivity index (χ3v) is 6.39. The first-order chi connectivity index (χ1) is 9.30. The van der Waals surface area contributed by atoms with Crippen LogP contribution in [0.4, 0.5) is 0 Å². The van der Waals surface area contributed by atoms with E-state index in [1.807, 2.05) is 13.8 Å². The van der Waals surface area contributed by atoms with Gasteiger partial charge in [0.2, 0.25) is 0 Å². The Morgan fingerprint density at radius 3 is 2.10 bits per heavy atom. The first-order valence-electron chi connectivity index (χ1n) is 8.22. The second-order valence-corrected chi connectivity index (χ2v) is 9.25. The molecule has 0 radical (unpaired) electrons. The van der Waals surface area contributed by atoms with E-state index in [0.29, 0.717) is 18.2 Å². The average molecular weight is 304 g/mol. The lowest BCUT2D eigenvalue weighted by molar-refractivity contribution is 0.0720. The van der Waals surface area contributed by atoms with Crippen LogP contribution in [0.5, 0.6) is 0 Å². The molecule has 1 fully saturated rings. The summed E-state index contributed by atoms with van der Waals surface area (Å²) in [5, 5.41) is 0. The van der Waals surface area contributed by atoms with Crippen molar-refractivity contribution in [3.05, 3.63) is 0 Å². The van der Waals surface area contributed by atoms with Crippen molar-refractivity contribution in [2.75, 3.05) is 12.8 Å². The SMILES string of the molecule is CCCOP(=O)(CCC)OC1CCC(C(C)(C)C)CC1. The molecule has 0 aromatic rings. The van der Waals surface area contributed by atoms with Crippen LogP contribution >= 0.6 is 7.60 Å². The van der Waals surface area contributed by atoms with E-state index < -0.39 is 7.60 Å². The van der Waals surface area contributed by atoms with Crippen LogP contribution in [0.3, 0.4) is 0 Å². The van der Waals surface area contributed by atoms with E-state index >= 15 is 0 Å². The van der Waals surface area contributed by atoms with Gasteiger partial charge in [0.1, 0.15) is 0 Å². The van der Waals surface area contributed by atoms with Crippen LogP contribution in [-0.4, -0.2) is 18.9 Å². The first-order valence-corrected chi connectivity index (χ1v) is 9.95. The van der Waals surface area contributed by atoms with Gasteiger partial charge < -0.3 is 9.05 Å². The van der Waals surface area contributed by atoms with Crippen LogP contribution in [0.25, 0.3) is 0 Å². The minimum atomic E-state index is -2.86. The summed E-state index contributed by atoms with van der Waals surface area (Å²) in [4.78, 5) is 0. The predicted octanol–water partition coefficient (Wildman–Crippen LogP) is 5.64. The molecule has 20 heavy (non-hydrogen) atoms. The fraction of sp³-hybridized carbons (Fsp3) is 1.00. The van der Waals surface area contributed by atoms with Gasteiger partial charge in [-0.05, 0) is 49.9 Å². The Morgan fingerprint density at radius 1 is 1.05 bits per heavy atom. The predicted molar refractivity (Wildman–Crippen MR) is 85.3 cm³/mol. The van der Waals surface area contributed by atoms with Gasteiger partial charge >= 0.3 is 7.60 Å². The van der Waals surface area contributed by atoms with Crippen molar-refractivity contribution in [2.45, 2.75) is 79.2 Å². The summed E-state index contributed by atoms with van der Waals surface area (Å²) in [5.41, 5.74) is 0.372. The molecule has 1 atom stereocenters. The van der Waals surface area contributed by atoms with Gasteiger partial charge in [-0.25, -0.2) is 0 Å². The molecule has 0 heterocycles. The summed E-state index contributed by atoms with van der Waals surface area (Å²) in [6, 6.07) is 0. The Hall–Kier alpha value is 0.150. The van der Waals surface area contributed by atoms with E-state index in [0.717, 1.165) is 31.6 Å². The van der Waals surface area contributed by atoms with Gasteiger partial charge in [-0.3, -0.25) is 4.57 Å². The molecule has 0 N–H and O–H groups in total. The van der Waals surface area contributed by atoms with Crippen LogP contribution in [-0.2, 0) is 13.6 Å². The van der Waals surface area contributed by atoms with Crippen LogP contribution in [0.1, 0.15) is 73.1 Å². The monoisotopic (exact) mass is 304 g/mol. The summed E-state index contributed by atoms with van der Waals surface area (Å²) in [5.74, 6) is 0.754. The van der Waals surface area contributed by atoms with Crippen LogP contribution in [0.15, 0.2) is 0 Å². The van der Waals surface area contributed by atoms with Crippen LogP contribution < -0.4 is 0 Å². The third kappa shape index (κ3) is 5.87. The average Bonchev–Trinajstić information content (AvgIpc) is 2.36. The quantitative estimate of drug-likeness (QED) is 0.571. The molecule has 120 valence electrons. The summed E-state index contributed by atoms with van der Waals surface area (Å²) < 4.78 is 24.1. The fourth-order valence-corrected chi connectivity index (χ4v) is 4.88. The molecule has 0 aromatic carbocycles. The molecule has 1 saturated carbocycles. The van der Waals surface area contributed by atoms with Crippen molar-refractivity contribution in [3.8, 4) is 0 Å². The van der Waals surface area contributed by atoms with Gasteiger partial charge in [0.05, 0.1) is 12.7 Å². The molecule has 1 unspecified atom stereocenters. The highest BCUT2D eigenvalue weighted by atomic mass is 31.2. The van der Waals surface area contributed by atoms with Gasteiger partial charge in [0.15, 0.2) is 0 Å². The van der Waals surface area contributed by atoms with Gasteiger partial charge in [0.25, 0.3) is 0 Å². The highest BCUT2D eigenvalue weighted by Gasteiger charge is 2.34. The normalized spacial score (nSPS) is 27.2. The highest BCUT2D eigenvalue weighted by Crippen LogP contribution is 2.52. The fourth-order valence-electron chi connectivity index (χ4n) is 2.91. The summed E-state index contributed by atoms with van der Waals surface area (Å²) in [6.45, 7) is 11.5. The Labute approximate surface area is 125 Å². The van der Waals surface area contributed by atoms with E-state index in [2.05, 4.69) is 20.8 Å². The molecule has 0 bridgehead atoms. The van der Waals surface area contributed by atoms with Gasteiger partial charge in [0, 0.05) is 6.16 Å². The maximum Gasteiger partial charge on any atom is 0.330 e. The van der Waals surface area contributed by atoms with E-state index in [-0.39, 0.29) is 6.10 Å². The third-order valence-electron chi connectivity index (χ3n) is 4.20. The van der Waals surface area contributed by atoms with Crippen LogP contribution in [0, 0.1) is 11.3 Å². The number of hydrogen-bond acceptors (Lipinski definition) is 3. The Bertz CT molecular complexity index is 314. The number of rotatable bonds is 7. The molecule has 1 rings (SSSR count). The molecular weight excluding hydrogens is 271 g/mol. The van der Waals surface area contributed by atoms with Crippen molar-refractivity contribution in [1.29, 1.82) is 0 Å². The molecule has 1 aliphatic carbocycles. The molecule has 4 heteroatoms. The van der Waals surface area contributed by atoms with Crippen molar-refractivity contribution >= 4 is 7.60 Å². The van der Waals surface area contributed by atoms with Gasteiger partial charge in [-0.2, -0.15) is 0 Å². The lowest BCUT2D eigenvalue weighted by Gasteiger charge is -2.37. The largest absolute Gasteiger partial charge is 0.330 e. The minimum absolute atomic E-state index is 0.128. The minimum Gasteiger partial charge on any atom is -0.309 e. The second kappa shape index (κ2) is 7.96. The zero-order valence-corrected chi connectivity index (χ0v) is 14.9. The smallest absolute Gasteiger partial charge is 0.309 e. The zero-order valence-electron chi connectivity index (χ0n) is 14.0. The topological polar surface area (TPSA) is 35.5 Å². The standard InChI is InChI=1S/C16H33O3P/c1-6-12-18-20(17,13-7-2)19-15-10-8-14(9-11-15)16(3,4)5/h14-15H,6-13H2,1-5H3. The molecule has 0 amide bonds. The maximum absolute atomic E-state index is 12.7. The van der Waals surface area contributed by atoms with E-state index in [9.17, 15) is 4.57 Å². The Morgan fingerprint density at radius 2 is 1.65 bits per heavy atom. The maximum atomic E-state index is 12.7. The van der Waals surface area contributed by atoms with Crippen molar-refractivity contribution in [2.24, 2.45) is 11.3 Å². The molecular formula is C16H33O3P. The lowest BCUT2D eigenvalue weighted by Crippen LogP contribution is -2.29. The van der Waals surface area contributed by atoms with Crippen molar-refractivity contribution in [1.82, 2.24) is 0 Å². The van der Waals surface area contributed by atoms with Gasteiger partial charge in [-0.1, -0.05) is 34.6 Å². The lowest BCUT2D eigenvalue weighted by atomic mass is 9.72. The van der Waals surface area contributed by atoms with Crippen molar-refractivity contribution < 1.29 is 13.6 Å². The Balaban J connectivity index is 2.49. The second-order valence-electron chi connectivity index (χ2n) is 7.11. The zero-order chi connectivity index (χ0) is 15.2. The van der Waals surface area contributed by atoms with Crippen LogP contribution in [0.2, 0.25) is 0 Å². The van der Waals surface area contributed by atoms with Crippen molar-refractivity contribution in [3.63, 3.8) is 0 Å². The van der Waals surface area contributed by atoms with E-state index in [1.165, 1.54) is 12.8 Å². The molecule has 0 aromatic heterocycles. The highest BCUT2D eigenvalue weighted by molar-refractivity contribution is 7.53. The molecule has 0 spiro atoms. The molecule has 0 saturated heterocycles.